The van der Waals surface area contributed by atoms with E-state index < -0.39 is 5.91 Å². The number of amides is 2. The van der Waals surface area contributed by atoms with Gasteiger partial charge in [-0.1, -0.05) is 29.8 Å². The number of hydrogen-bond acceptors (Lipinski definition) is 3. The summed E-state index contributed by atoms with van der Waals surface area (Å²) in [7, 11) is 0. The topological polar surface area (TPSA) is 72.2 Å². The number of halogens is 1. The van der Waals surface area contributed by atoms with Crippen LogP contribution in [0.1, 0.15) is 15.9 Å². The fraction of sp³-hybridized carbons (Fsp3) is 0.125. The molecule has 0 aromatic heterocycles. The van der Waals surface area contributed by atoms with E-state index in [0.717, 1.165) is 5.56 Å². The van der Waals surface area contributed by atoms with Gasteiger partial charge in [0.2, 0.25) is 11.8 Å². The van der Waals surface area contributed by atoms with Crippen LogP contribution < -0.4 is 11.1 Å². The fourth-order valence-corrected chi connectivity index (χ4v) is 2.90. The minimum atomic E-state index is -0.492. The number of anilines is 1. The molecule has 0 aliphatic rings. The maximum atomic E-state index is 11.8. The van der Waals surface area contributed by atoms with Gasteiger partial charge in [0.1, 0.15) is 0 Å². The number of nitrogens with one attached hydrogen (secondary N) is 1. The summed E-state index contributed by atoms with van der Waals surface area (Å²) in [5.41, 5.74) is 7.21. The van der Waals surface area contributed by atoms with Crippen molar-refractivity contribution in [1.29, 1.82) is 0 Å². The van der Waals surface area contributed by atoms with Gasteiger partial charge in [-0.15, -0.1) is 11.8 Å². The Bertz CT molecular complexity index is 674. The van der Waals surface area contributed by atoms with Gasteiger partial charge in [-0.3, -0.25) is 9.59 Å². The van der Waals surface area contributed by atoms with Crippen LogP contribution in [0.15, 0.2) is 48.5 Å². The van der Waals surface area contributed by atoms with Gasteiger partial charge in [-0.25, -0.2) is 0 Å². The smallest absolute Gasteiger partial charge is 0.248 e. The minimum Gasteiger partial charge on any atom is -0.366 e. The molecule has 0 aliphatic carbocycles. The van der Waals surface area contributed by atoms with Crippen molar-refractivity contribution >= 4 is 40.9 Å². The first-order valence-corrected chi connectivity index (χ1v) is 8.10. The van der Waals surface area contributed by atoms with E-state index in [2.05, 4.69) is 5.32 Å². The van der Waals surface area contributed by atoms with Crippen LogP contribution in [-0.4, -0.2) is 17.6 Å². The van der Waals surface area contributed by atoms with Crippen molar-refractivity contribution in [2.45, 2.75) is 5.75 Å². The second kappa shape index (κ2) is 7.87. The lowest BCUT2D eigenvalue weighted by Crippen LogP contribution is -2.15. The van der Waals surface area contributed by atoms with Crippen LogP contribution in [0.4, 0.5) is 5.69 Å². The molecule has 2 aromatic rings. The molecule has 0 aliphatic heterocycles. The van der Waals surface area contributed by atoms with Crippen molar-refractivity contribution in [2.75, 3.05) is 11.1 Å². The van der Waals surface area contributed by atoms with E-state index >= 15 is 0 Å². The lowest BCUT2D eigenvalue weighted by molar-refractivity contribution is -0.113. The highest BCUT2D eigenvalue weighted by Crippen LogP contribution is 2.20. The van der Waals surface area contributed by atoms with Gasteiger partial charge in [-0.2, -0.15) is 0 Å². The zero-order valence-electron chi connectivity index (χ0n) is 11.7. The zero-order chi connectivity index (χ0) is 15.9. The van der Waals surface area contributed by atoms with E-state index in [1.807, 2.05) is 24.3 Å². The van der Waals surface area contributed by atoms with Crippen molar-refractivity contribution < 1.29 is 9.59 Å². The zero-order valence-corrected chi connectivity index (χ0v) is 13.3. The second-order valence-electron chi connectivity index (χ2n) is 4.57. The number of thioether (sulfide) groups is 1. The third-order valence-corrected chi connectivity index (χ3v) is 4.25. The normalized spacial score (nSPS) is 10.2. The summed E-state index contributed by atoms with van der Waals surface area (Å²) in [6.45, 7) is 0. The van der Waals surface area contributed by atoms with E-state index in [4.69, 9.17) is 17.3 Å². The monoisotopic (exact) mass is 334 g/mol. The quantitative estimate of drug-likeness (QED) is 0.851. The molecule has 2 amide bonds. The van der Waals surface area contributed by atoms with Gasteiger partial charge in [0, 0.05) is 22.0 Å². The highest BCUT2D eigenvalue weighted by atomic mass is 35.5. The summed E-state index contributed by atoms with van der Waals surface area (Å²) in [5, 5.41) is 3.47. The Kier molecular flexibility index (Phi) is 5.86. The maximum absolute atomic E-state index is 11.8. The van der Waals surface area contributed by atoms with Crippen molar-refractivity contribution in [3.63, 3.8) is 0 Å². The van der Waals surface area contributed by atoms with Crippen molar-refractivity contribution in [1.82, 2.24) is 0 Å². The molecule has 4 nitrogen and oxygen atoms in total. The first kappa shape index (κ1) is 16.4. The predicted octanol–water partition coefficient (Wildman–Crippen LogP) is 3.31. The average Bonchev–Trinajstić information content (AvgIpc) is 2.50. The average molecular weight is 335 g/mol. The Hall–Kier alpha value is -1.98. The van der Waals surface area contributed by atoms with Crippen LogP contribution in [0.2, 0.25) is 5.02 Å². The molecular formula is C16H15ClN2O2S. The predicted molar refractivity (Wildman–Crippen MR) is 91.2 cm³/mol. The Balaban J connectivity index is 1.80. The lowest BCUT2D eigenvalue weighted by atomic mass is 10.2. The molecule has 0 saturated heterocycles. The van der Waals surface area contributed by atoms with Gasteiger partial charge in [-0.05, 0) is 35.9 Å². The fourth-order valence-electron chi connectivity index (χ4n) is 1.78. The third-order valence-electron chi connectivity index (χ3n) is 2.90. The number of rotatable bonds is 6. The molecule has 3 N–H and O–H groups in total. The minimum absolute atomic E-state index is 0.108. The highest BCUT2D eigenvalue weighted by Gasteiger charge is 2.05. The van der Waals surface area contributed by atoms with Gasteiger partial charge in [0.05, 0.1) is 5.75 Å². The van der Waals surface area contributed by atoms with Gasteiger partial charge >= 0.3 is 0 Å². The summed E-state index contributed by atoms with van der Waals surface area (Å²) in [6, 6.07) is 14.0. The molecule has 22 heavy (non-hydrogen) atoms. The van der Waals surface area contributed by atoms with Crippen molar-refractivity contribution in [3.8, 4) is 0 Å². The SMILES string of the molecule is NC(=O)c1ccc(NC(=O)CSCc2ccccc2Cl)cc1. The first-order chi connectivity index (χ1) is 10.6. The van der Waals surface area contributed by atoms with Crippen LogP contribution in [-0.2, 0) is 10.5 Å². The summed E-state index contributed by atoms with van der Waals surface area (Å²) in [4.78, 5) is 22.8. The van der Waals surface area contributed by atoms with Gasteiger partial charge in [0.15, 0.2) is 0 Å². The van der Waals surface area contributed by atoms with Crippen molar-refractivity contribution in [3.05, 3.63) is 64.7 Å². The molecule has 0 radical (unpaired) electrons. The number of nitrogens with two attached hydrogens (primary N) is 1. The molecular weight excluding hydrogens is 320 g/mol. The molecule has 6 heteroatoms. The number of benzene rings is 2. The molecule has 0 unspecified atom stereocenters. The number of carbonyl (C=O) groups is 2. The van der Waals surface area contributed by atoms with Crippen molar-refractivity contribution in [2.24, 2.45) is 5.73 Å². The van der Waals surface area contributed by atoms with Crippen LogP contribution in [0.5, 0.6) is 0 Å². The van der Waals surface area contributed by atoms with E-state index in [0.29, 0.717) is 27.8 Å². The Labute approximate surface area is 138 Å². The molecule has 0 spiro atoms. The summed E-state index contributed by atoms with van der Waals surface area (Å²) < 4.78 is 0. The molecule has 0 fully saturated rings. The van der Waals surface area contributed by atoms with Crippen LogP contribution in [0, 0.1) is 0 Å². The van der Waals surface area contributed by atoms with Gasteiger partial charge < -0.3 is 11.1 Å². The summed E-state index contributed by atoms with van der Waals surface area (Å²) in [5.74, 6) is 0.397. The molecule has 114 valence electrons. The second-order valence-corrected chi connectivity index (χ2v) is 5.97. The first-order valence-electron chi connectivity index (χ1n) is 6.57. The molecule has 0 bridgehead atoms. The van der Waals surface area contributed by atoms with Crippen LogP contribution in [0.3, 0.4) is 0 Å². The molecule has 0 heterocycles. The largest absolute Gasteiger partial charge is 0.366 e. The Morgan fingerprint density at radius 2 is 1.77 bits per heavy atom. The Morgan fingerprint density at radius 3 is 2.41 bits per heavy atom. The Morgan fingerprint density at radius 1 is 1.09 bits per heavy atom. The number of primary amides is 1. The van der Waals surface area contributed by atoms with Gasteiger partial charge in [0.25, 0.3) is 0 Å². The summed E-state index contributed by atoms with van der Waals surface area (Å²) >= 11 is 7.54. The summed E-state index contributed by atoms with van der Waals surface area (Å²) in [6.07, 6.45) is 0. The van der Waals surface area contributed by atoms with Crippen LogP contribution in [0.25, 0.3) is 0 Å². The molecule has 2 aromatic carbocycles. The third kappa shape index (κ3) is 4.79. The van der Waals surface area contributed by atoms with E-state index in [-0.39, 0.29) is 5.91 Å². The van der Waals surface area contributed by atoms with Crippen LogP contribution >= 0.6 is 23.4 Å². The lowest BCUT2D eigenvalue weighted by Gasteiger charge is -2.06. The van der Waals surface area contributed by atoms with E-state index in [1.54, 1.807) is 24.3 Å². The van der Waals surface area contributed by atoms with E-state index in [1.165, 1.54) is 11.8 Å². The highest BCUT2D eigenvalue weighted by molar-refractivity contribution is 7.99. The standard InChI is InChI=1S/C16H15ClN2O2S/c17-14-4-2-1-3-12(14)9-22-10-15(20)19-13-7-5-11(6-8-13)16(18)21/h1-8H,9-10H2,(H2,18,21)(H,19,20). The molecule has 2 rings (SSSR count). The van der Waals surface area contributed by atoms with E-state index in [9.17, 15) is 9.59 Å². The molecule has 0 atom stereocenters. The number of hydrogen-bond donors (Lipinski definition) is 2. The number of carbonyl (C=O) groups excluding carboxylic acids is 2. The molecule has 0 saturated carbocycles. The maximum Gasteiger partial charge on any atom is 0.248 e.